The Kier molecular flexibility index (Phi) is 5.20. The predicted molar refractivity (Wildman–Crippen MR) is 129 cm³/mol. The lowest BCUT2D eigenvalue weighted by Crippen LogP contribution is -2.59. The van der Waals surface area contributed by atoms with Crippen molar-refractivity contribution in [3.05, 3.63) is 18.3 Å². The fraction of sp³-hybridized carbons (Fsp3) is 0.640. The molecule has 3 fully saturated rings. The summed E-state index contributed by atoms with van der Waals surface area (Å²) in [5.74, 6) is -1.21. The van der Waals surface area contributed by atoms with Crippen LogP contribution < -0.4 is 21.5 Å². The number of hydrogen-bond donors (Lipinski definition) is 3. The van der Waals surface area contributed by atoms with Gasteiger partial charge in [-0.2, -0.15) is 0 Å². The van der Waals surface area contributed by atoms with Gasteiger partial charge in [0.2, 0.25) is 23.3 Å². The molecule has 4 aliphatic rings. The average Bonchev–Trinajstić information content (AvgIpc) is 3.16. The SMILES string of the molecule is CC(C)(C)[C@H](N)C(=O)N1C[C@H]2[C@@H]([C@H]1C(=O)N1C[C@@]3(C[C@H]1C(N)=O)Oc1cccnc1NC3=O)C2(C)C. The van der Waals surface area contributed by atoms with Crippen LogP contribution in [0.2, 0.25) is 0 Å². The summed E-state index contributed by atoms with van der Waals surface area (Å²) in [6.45, 7) is 10.1. The van der Waals surface area contributed by atoms with Gasteiger partial charge in [-0.05, 0) is 34.8 Å². The number of nitrogens with zero attached hydrogens (tertiary/aromatic N) is 3. The highest BCUT2D eigenvalue weighted by Gasteiger charge is 2.71. The third-order valence-electron chi connectivity index (χ3n) is 8.60. The van der Waals surface area contributed by atoms with E-state index in [0.717, 1.165) is 0 Å². The number of nitrogens with one attached hydrogen (secondary N) is 1. The molecule has 3 aliphatic heterocycles. The summed E-state index contributed by atoms with van der Waals surface area (Å²) in [5, 5.41) is 2.72. The molecule has 1 aromatic rings. The Labute approximate surface area is 209 Å². The maximum absolute atomic E-state index is 14.1. The van der Waals surface area contributed by atoms with Crippen LogP contribution in [0.1, 0.15) is 41.0 Å². The molecule has 0 radical (unpaired) electrons. The van der Waals surface area contributed by atoms with Gasteiger partial charge in [0.1, 0.15) is 12.1 Å². The molecular formula is C25H34N6O5. The van der Waals surface area contributed by atoms with Crippen LogP contribution in [0, 0.1) is 22.7 Å². The first-order valence-corrected chi connectivity index (χ1v) is 12.3. The van der Waals surface area contributed by atoms with Gasteiger partial charge >= 0.3 is 0 Å². The summed E-state index contributed by atoms with van der Waals surface area (Å²) in [5.41, 5.74) is 9.91. The molecule has 2 saturated heterocycles. The number of carbonyl (C=O) groups excluding carboxylic acids is 4. The number of rotatable bonds is 3. The second kappa shape index (κ2) is 7.64. The minimum absolute atomic E-state index is 0.0720. The van der Waals surface area contributed by atoms with Crippen LogP contribution in [0.15, 0.2) is 18.3 Å². The van der Waals surface area contributed by atoms with E-state index in [1.165, 1.54) is 11.1 Å². The number of amides is 4. The van der Waals surface area contributed by atoms with Gasteiger partial charge in [0.15, 0.2) is 11.6 Å². The van der Waals surface area contributed by atoms with Crippen molar-refractivity contribution in [3.8, 4) is 5.75 Å². The van der Waals surface area contributed by atoms with E-state index in [1.54, 1.807) is 17.0 Å². The van der Waals surface area contributed by atoms with Crippen molar-refractivity contribution in [2.24, 2.45) is 34.1 Å². The number of ether oxygens (including phenoxy) is 1. The molecule has 36 heavy (non-hydrogen) atoms. The highest BCUT2D eigenvalue weighted by atomic mass is 16.5. The largest absolute Gasteiger partial charge is 0.472 e. The maximum atomic E-state index is 14.1. The lowest BCUT2D eigenvalue weighted by atomic mass is 9.86. The summed E-state index contributed by atoms with van der Waals surface area (Å²) in [6, 6.07) is 0.694. The molecule has 0 aromatic carbocycles. The number of aromatic nitrogens is 1. The summed E-state index contributed by atoms with van der Waals surface area (Å²) in [4.78, 5) is 60.2. The number of carbonyl (C=O) groups is 4. The van der Waals surface area contributed by atoms with E-state index < -0.39 is 46.9 Å². The van der Waals surface area contributed by atoms with E-state index in [-0.39, 0.29) is 41.9 Å². The second-order valence-electron chi connectivity index (χ2n) is 12.2. The molecule has 1 aromatic heterocycles. The highest BCUT2D eigenvalue weighted by molar-refractivity contribution is 6.03. The Bertz CT molecular complexity index is 1160. The minimum Gasteiger partial charge on any atom is -0.472 e. The van der Waals surface area contributed by atoms with Crippen molar-refractivity contribution in [1.82, 2.24) is 14.8 Å². The lowest BCUT2D eigenvalue weighted by Gasteiger charge is -2.38. The van der Waals surface area contributed by atoms with Gasteiger partial charge < -0.3 is 31.3 Å². The summed E-state index contributed by atoms with van der Waals surface area (Å²) in [6.07, 6.45) is 1.44. The second-order valence-corrected chi connectivity index (χ2v) is 12.2. The minimum atomic E-state index is -1.49. The smallest absolute Gasteiger partial charge is 0.271 e. The summed E-state index contributed by atoms with van der Waals surface area (Å²) in [7, 11) is 0. The summed E-state index contributed by atoms with van der Waals surface area (Å²) < 4.78 is 6.07. The number of pyridine rings is 1. The maximum Gasteiger partial charge on any atom is 0.271 e. The predicted octanol–water partition coefficient (Wildman–Crippen LogP) is 0.0939. The van der Waals surface area contributed by atoms with Crippen molar-refractivity contribution in [2.75, 3.05) is 18.4 Å². The molecule has 194 valence electrons. The zero-order chi connectivity index (χ0) is 26.4. The van der Waals surface area contributed by atoms with E-state index in [1.807, 2.05) is 20.8 Å². The molecule has 11 nitrogen and oxygen atoms in total. The van der Waals surface area contributed by atoms with Gasteiger partial charge in [0.05, 0.1) is 12.6 Å². The van der Waals surface area contributed by atoms with Crippen LogP contribution in [-0.2, 0) is 19.2 Å². The van der Waals surface area contributed by atoms with Crippen molar-refractivity contribution < 1.29 is 23.9 Å². The van der Waals surface area contributed by atoms with Gasteiger partial charge in [0, 0.05) is 19.2 Å². The Hall–Kier alpha value is -3.21. The van der Waals surface area contributed by atoms with Crippen LogP contribution in [-0.4, -0.2) is 75.2 Å². The molecule has 1 spiro atoms. The van der Waals surface area contributed by atoms with Crippen LogP contribution in [0.4, 0.5) is 5.82 Å². The first kappa shape index (κ1) is 24.5. The van der Waals surface area contributed by atoms with Crippen molar-refractivity contribution in [3.63, 3.8) is 0 Å². The first-order valence-electron chi connectivity index (χ1n) is 12.3. The number of likely N-dealkylation sites (tertiary alicyclic amines) is 2. The fourth-order valence-corrected chi connectivity index (χ4v) is 6.16. The number of hydrogen-bond acceptors (Lipinski definition) is 7. The monoisotopic (exact) mass is 498 g/mol. The molecule has 0 unspecified atom stereocenters. The van der Waals surface area contributed by atoms with Gasteiger partial charge in [0.25, 0.3) is 5.91 Å². The van der Waals surface area contributed by atoms with Crippen LogP contribution in [0.3, 0.4) is 0 Å². The van der Waals surface area contributed by atoms with Crippen LogP contribution in [0.5, 0.6) is 5.75 Å². The average molecular weight is 499 g/mol. The molecule has 4 amide bonds. The fourth-order valence-electron chi connectivity index (χ4n) is 6.16. The Morgan fingerprint density at radius 2 is 1.94 bits per heavy atom. The normalized spacial score (nSPS) is 32.9. The number of piperidine rings is 1. The zero-order valence-corrected chi connectivity index (χ0v) is 21.3. The molecule has 0 bridgehead atoms. The van der Waals surface area contributed by atoms with Crippen molar-refractivity contribution in [1.29, 1.82) is 0 Å². The molecule has 11 heteroatoms. The number of fused-ring (bicyclic) bond motifs is 2. The van der Waals surface area contributed by atoms with Gasteiger partial charge in [-0.15, -0.1) is 0 Å². The van der Waals surface area contributed by atoms with E-state index in [2.05, 4.69) is 24.1 Å². The van der Waals surface area contributed by atoms with Crippen molar-refractivity contribution in [2.45, 2.75) is 64.8 Å². The Morgan fingerprint density at radius 1 is 1.25 bits per heavy atom. The molecule has 6 atom stereocenters. The molecule has 1 aliphatic carbocycles. The van der Waals surface area contributed by atoms with Crippen molar-refractivity contribution >= 4 is 29.4 Å². The number of nitrogens with two attached hydrogens (primary N) is 2. The molecule has 5 N–H and O–H groups in total. The molecule has 1 saturated carbocycles. The molecule has 5 rings (SSSR count). The van der Waals surface area contributed by atoms with E-state index in [9.17, 15) is 19.2 Å². The van der Waals surface area contributed by atoms with Gasteiger partial charge in [-0.3, -0.25) is 19.2 Å². The topological polar surface area (TPSA) is 161 Å². The van der Waals surface area contributed by atoms with Crippen LogP contribution in [0.25, 0.3) is 0 Å². The Balaban J connectivity index is 1.47. The standard InChI is InChI=1S/C25H34N6O5/c1-23(2,3)17(26)21(34)30-10-12-15(24(12,4)5)16(30)20(33)31-11-25(9-13(31)18(27)32)22(35)29-19-14(36-25)7-6-8-28-19/h6-8,12-13,15-17H,9-11,26H2,1-5H3,(H2,27,32)(H,28,29,35)/t12-,13-,15-,16-,17+,25+/m0/s1. The van der Waals surface area contributed by atoms with Gasteiger partial charge in [-0.1, -0.05) is 34.6 Å². The first-order chi connectivity index (χ1) is 16.7. The number of primary amides is 1. The van der Waals surface area contributed by atoms with Crippen LogP contribution >= 0.6 is 0 Å². The Morgan fingerprint density at radius 3 is 2.58 bits per heavy atom. The zero-order valence-electron chi connectivity index (χ0n) is 21.3. The van der Waals surface area contributed by atoms with Gasteiger partial charge in [-0.25, -0.2) is 4.98 Å². The van der Waals surface area contributed by atoms with E-state index in [4.69, 9.17) is 16.2 Å². The number of anilines is 1. The van der Waals surface area contributed by atoms with E-state index in [0.29, 0.717) is 12.3 Å². The molecular weight excluding hydrogens is 464 g/mol. The summed E-state index contributed by atoms with van der Waals surface area (Å²) >= 11 is 0. The lowest BCUT2D eigenvalue weighted by molar-refractivity contribution is -0.150. The highest BCUT2D eigenvalue weighted by Crippen LogP contribution is 2.65. The van der Waals surface area contributed by atoms with E-state index >= 15 is 0 Å². The quantitative estimate of drug-likeness (QED) is 0.532. The third-order valence-corrected chi connectivity index (χ3v) is 8.60. The third kappa shape index (κ3) is 3.47. The molecule has 4 heterocycles.